The van der Waals surface area contributed by atoms with Gasteiger partial charge in [-0.05, 0) is 18.4 Å². The van der Waals surface area contributed by atoms with Crippen LogP contribution in [0.3, 0.4) is 0 Å². The first-order valence-corrected chi connectivity index (χ1v) is 8.22. The molecule has 23 heavy (non-hydrogen) atoms. The fourth-order valence-corrected chi connectivity index (χ4v) is 3.14. The summed E-state index contributed by atoms with van der Waals surface area (Å²) in [6, 6.07) is 9.22. The number of ether oxygens (including phenoxy) is 1. The number of likely N-dealkylation sites (tertiary alicyclic amines) is 1. The van der Waals surface area contributed by atoms with Crippen molar-refractivity contribution in [2.75, 3.05) is 32.7 Å². The van der Waals surface area contributed by atoms with Gasteiger partial charge >= 0.3 is 6.09 Å². The molecule has 0 aromatic heterocycles. The van der Waals surface area contributed by atoms with E-state index in [0.717, 1.165) is 31.5 Å². The van der Waals surface area contributed by atoms with Crippen LogP contribution in [-0.4, -0.2) is 60.6 Å². The lowest BCUT2D eigenvalue weighted by atomic mass is 10.2. The maximum atomic E-state index is 12.6. The quantitative estimate of drug-likeness (QED) is 0.910. The molecule has 1 aromatic carbocycles. The normalized spacial score (nSPS) is 21.3. The van der Waals surface area contributed by atoms with Crippen molar-refractivity contribution in [2.24, 2.45) is 0 Å². The van der Waals surface area contributed by atoms with Crippen molar-refractivity contribution in [3.05, 3.63) is 35.9 Å². The van der Waals surface area contributed by atoms with E-state index in [-0.39, 0.29) is 24.6 Å². The molecule has 124 valence electrons. The highest BCUT2D eigenvalue weighted by atomic mass is 16.6. The third-order valence-electron chi connectivity index (χ3n) is 4.41. The maximum absolute atomic E-state index is 12.6. The Bertz CT molecular complexity index is 543. The van der Waals surface area contributed by atoms with Crippen LogP contribution in [0.5, 0.6) is 0 Å². The molecule has 0 aliphatic carbocycles. The van der Waals surface area contributed by atoms with Crippen LogP contribution in [0, 0.1) is 0 Å². The molecule has 0 spiro atoms. The standard InChI is InChI=1S/C17H23N3O3/c21-16(19-11-8-18-9-12-19)15-7-4-10-20(15)17(22)23-13-14-5-2-1-3-6-14/h1-3,5-6,15,18H,4,7-13H2. The van der Waals surface area contributed by atoms with Crippen molar-refractivity contribution >= 4 is 12.0 Å². The third-order valence-corrected chi connectivity index (χ3v) is 4.41. The van der Waals surface area contributed by atoms with Gasteiger partial charge in [-0.1, -0.05) is 30.3 Å². The summed E-state index contributed by atoms with van der Waals surface area (Å²) in [7, 11) is 0. The Morgan fingerprint density at radius 1 is 1.13 bits per heavy atom. The number of nitrogens with zero attached hydrogens (tertiary/aromatic N) is 2. The molecule has 1 N–H and O–H groups in total. The first-order chi connectivity index (χ1) is 11.3. The lowest BCUT2D eigenvalue weighted by molar-refractivity contribution is -0.136. The van der Waals surface area contributed by atoms with Crippen LogP contribution in [0.1, 0.15) is 18.4 Å². The van der Waals surface area contributed by atoms with E-state index in [4.69, 9.17) is 4.74 Å². The average molecular weight is 317 g/mol. The number of nitrogens with one attached hydrogen (secondary N) is 1. The first kappa shape index (κ1) is 15.8. The van der Waals surface area contributed by atoms with Gasteiger partial charge in [-0.2, -0.15) is 0 Å². The molecule has 0 saturated carbocycles. The predicted octanol–water partition coefficient (Wildman–Crippen LogP) is 1.22. The topological polar surface area (TPSA) is 61.9 Å². The second-order valence-corrected chi connectivity index (χ2v) is 5.97. The van der Waals surface area contributed by atoms with Gasteiger partial charge < -0.3 is 15.0 Å². The molecule has 2 heterocycles. The monoisotopic (exact) mass is 317 g/mol. The second-order valence-electron chi connectivity index (χ2n) is 5.97. The largest absolute Gasteiger partial charge is 0.445 e. The van der Waals surface area contributed by atoms with Gasteiger partial charge in [0.15, 0.2) is 0 Å². The maximum Gasteiger partial charge on any atom is 0.410 e. The summed E-state index contributed by atoms with van der Waals surface area (Å²) in [5.41, 5.74) is 0.949. The minimum absolute atomic E-state index is 0.0562. The van der Waals surface area contributed by atoms with Crippen molar-refractivity contribution < 1.29 is 14.3 Å². The molecule has 1 unspecified atom stereocenters. The van der Waals surface area contributed by atoms with Crippen molar-refractivity contribution in [2.45, 2.75) is 25.5 Å². The van der Waals surface area contributed by atoms with Crippen LogP contribution >= 0.6 is 0 Å². The zero-order valence-corrected chi connectivity index (χ0v) is 13.2. The Morgan fingerprint density at radius 2 is 1.87 bits per heavy atom. The lowest BCUT2D eigenvalue weighted by Gasteiger charge is -2.32. The number of benzene rings is 1. The van der Waals surface area contributed by atoms with Gasteiger partial charge in [0.05, 0.1) is 0 Å². The molecular formula is C17H23N3O3. The van der Waals surface area contributed by atoms with Gasteiger partial charge in [-0.3, -0.25) is 9.69 Å². The summed E-state index contributed by atoms with van der Waals surface area (Å²) in [6.45, 7) is 3.89. The second kappa shape index (κ2) is 7.46. The Morgan fingerprint density at radius 3 is 2.61 bits per heavy atom. The van der Waals surface area contributed by atoms with Crippen LogP contribution in [0.25, 0.3) is 0 Å². The van der Waals surface area contributed by atoms with Gasteiger partial charge in [0.2, 0.25) is 5.91 Å². The summed E-state index contributed by atoms with van der Waals surface area (Å²) in [5, 5.41) is 3.23. The number of amides is 2. The van der Waals surface area contributed by atoms with E-state index in [1.54, 1.807) is 4.90 Å². The molecule has 0 bridgehead atoms. The molecule has 2 aliphatic rings. The Labute approximate surface area is 136 Å². The minimum Gasteiger partial charge on any atom is -0.445 e. The molecule has 0 radical (unpaired) electrons. The van der Waals surface area contributed by atoms with Gasteiger partial charge in [0.1, 0.15) is 12.6 Å². The minimum atomic E-state index is -0.389. The van der Waals surface area contributed by atoms with Gasteiger partial charge in [-0.15, -0.1) is 0 Å². The fraction of sp³-hybridized carbons (Fsp3) is 0.529. The number of piperazine rings is 1. The van der Waals surface area contributed by atoms with Crippen molar-refractivity contribution in [1.82, 2.24) is 15.1 Å². The molecule has 1 aromatic rings. The van der Waals surface area contributed by atoms with E-state index in [9.17, 15) is 9.59 Å². The third kappa shape index (κ3) is 3.82. The molecule has 2 fully saturated rings. The number of rotatable bonds is 3. The summed E-state index contributed by atoms with van der Waals surface area (Å²) < 4.78 is 5.38. The highest BCUT2D eigenvalue weighted by molar-refractivity contribution is 5.86. The molecule has 6 heteroatoms. The predicted molar refractivity (Wildman–Crippen MR) is 85.8 cm³/mol. The number of carbonyl (C=O) groups excluding carboxylic acids is 2. The molecule has 2 saturated heterocycles. The van der Waals surface area contributed by atoms with Crippen molar-refractivity contribution in [3.8, 4) is 0 Å². The van der Waals surface area contributed by atoms with Crippen LogP contribution in [0.4, 0.5) is 4.79 Å². The van der Waals surface area contributed by atoms with Gasteiger partial charge in [0, 0.05) is 32.7 Å². The van der Waals surface area contributed by atoms with E-state index in [2.05, 4.69) is 5.32 Å². The highest BCUT2D eigenvalue weighted by Crippen LogP contribution is 2.21. The van der Waals surface area contributed by atoms with E-state index in [0.29, 0.717) is 19.6 Å². The van der Waals surface area contributed by atoms with Gasteiger partial charge in [-0.25, -0.2) is 4.79 Å². The Kier molecular flexibility index (Phi) is 5.12. The summed E-state index contributed by atoms with van der Waals surface area (Å²) >= 11 is 0. The van der Waals surface area contributed by atoms with Crippen LogP contribution in [-0.2, 0) is 16.1 Å². The number of carbonyl (C=O) groups is 2. The summed E-state index contributed by atoms with van der Waals surface area (Å²) in [5.74, 6) is 0.0562. The average Bonchev–Trinajstić information content (AvgIpc) is 3.10. The zero-order chi connectivity index (χ0) is 16.1. The summed E-state index contributed by atoms with van der Waals surface area (Å²) in [6.07, 6.45) is 1.19. The molecular weight excluding hydrogens is 294 g/mol. The molecule has 6 nitrogen and oxygen atoms in total. The van der Waals surface area contributed by atoms with E-state index < -0.39 is 0 Å². The van der Waals surface area contributed by atoms with E-state index in [1.165, 1.54) is 0 Å². The van der Waals surface area contributed by atoms with Crippen molar-refractivity contribution in [3.63, 3.8) is 0 Å². The smallest absolute Gasteiger partial charge is 0.410 e. The molecule has 2 aliphatic heterocycles. The zero-order valence-electron chi connectivity index (χ0n) is 13.2. The Hall–Kier alpha value is -2.08. The van der Waals surface area contributed by atoms with E-state index >= 15 is 0 Å². The Balaban J connectivity index is 1.57. The van der Waals surface area contributed by atoms with Crippen LogP contribution in [0.15, 0.2) is 30.3 Å². The van der Waals surface area contributed by atoms with Crippen LogP contribution in [0.2, 0.25) is 0 Å². The SMILES string of the molecule is O=C(C1CCCN1C(=O)OCc1ccccc1)N1CCNCC1. The fourth-order valence-electron chi connectivity index (χ4n) is 3.14. The molecule has 1 atom stereocenters. The van der Waals surface area contributed by atoms with Crippen LogP contribution < -0.4 is 5.32 Å². The molecule has 3 rings (SSSR count). The van der Waals surface area contributed by atoms with E-state index in [1.807, 2.05) is 35.2 Å². The first-order valence-electron chi connectivity index (χ1n) is 8.22. The summed E-state index contributed by atoms with van der Waals surface area (Å²) in [4.78, 5) is 28.4. The van der Waals surface area contributed by atoms with Crippen molar-refractivity contribution in [1.29, 1.82) is 0 Å². The van der Waals surface area contributed by atoms with Gasteiger partial charge in [0.25, 0.3) is 0 Å². The number of hydrogen-bond donors (Lipinski definition) is 1. The lowest BCUT2D eigenvalue weighted by Crippen LogP contribution is -2.53. The molecule has 2 amide bonds. The number of hydrogen-bond acceptors (Lipinski definition) is 4. The highest BCUT2D eigenvalue weighted by Gasteiger charge is 2.37.